The maximum absolute atomic E-state index is 14.5. The quantitative estimate of drug-likeness (QED) is 0.0844. The molecule has 0 bridgehead atoms. The van der Waals surface area contributed by atoms with Gasteiger partial charge in [0.1, 0.15) is 11.5 Å². The number of hydrogen-bond donors (Lipinski definition) is 1. The molecule has 0 aromatic heterocycles. The topological polar surface area (TPSA) is 132 Å². The standard InChI is InChI=1S/C39H35BrCl2N2O9/c1-50-24-11-14-28(51-2)21(15-24)8-5-20-6-9-23(10-7-20)44-34(46)26-13-12-25-27(31(26)35(44)47)18-38(41)36(48)43(19-40)37(49)39(38,42)32(25)22-16-29(52-3)33(45)30(17-22)53-4/h5-12,14-17,26-27,31-32,45H,13,18-19H2,1-4H3. The number of fused-ring (bicyclic) bond motifs is 4. The highest BCUT2D eigenvalue weighted by Crippen LogP contribution is 2.66. The fourth-order valence-corrected chi connectivity index (χ4v) is 9.78. The number of carbonyl (C=O) groups is 4. The molecule has 4 amide bonds. The number of carbonyl (C=O) groups excluding carboxylic acids is 4. The molecule has 3 aromatic rings. The summed E-state index contributed by atoms with van der Waals surface area (Å²) in [6.07, 6.45) is 5.64. The van der Waals surface area contributed by atoms with E-state index in [1.54, 1.807) is 38.5 Å². The molecule has 3 aromatic carbocycles. The van der Waals surface area contributed by atoms with Crippen molar-refractivity contribution in [1.82, 2.24) is 4.90 Å². The van der Waals surface area contributed by atoms with Crippen LogP contribution in [0, 0.1) is 17.8 Å². The van der Waals surface area contributed by atoms with Crippen molar-refractivity contribution in [3.05, 3.63) is 82.9 Å². The summed E-state index contributed by atoms with van der Waals surface area (Å²) in [6.45, 7) is 0. The second kappa shape index (κ2) is 13.7. The van der Waals surface area contributed by atoms with Crippen molar-refractivity contribution in [2.45, 2.75) is 28.5 Å². The zero-order valence-electron chi connectivity index (χ0n) is 29.1. The van der Waals surface area contributed by atoms with Crippen molar-refractivity contribution >= 4 is 80.6 Å². The zero-order chi connectivity index (χ0) is 38.0. The van der Waals surface area contributed by atoms with Crippen LogP contribution in [0.3, 0.4) is 0 Å². The van der Waals surface area contributed by atoms with Gasteiger partial charge in [-0.15, -0.1) is 23.2 Å². The third-order valence-corrected chi connectivity index (χ3v) is 12.8. The number of imide groups is 2. The molecule has 14 heteroatoms. The molecule has 0 radical (unpaired) electrons. The van der Waals surface area contributed by atoms with Gasteiger partial charge in [0.25, 0.3) is 11.8 Å². The van der Waals surface area contributed by atoms with E-state index in [1.165, 1.54) is 31.3 Å². The van der Waals surface area contributed by atoms with Crippen molar-refractivity contribution in [1.29, 1.82) is 0 Å². The summed E-state index contributed by atoms with van der Waals surface area (Å²) in [5.74, 6) is -4.45. The number of amides is 4. The lowest BCUT2D eigenvalue weighted by molar-refractivity contribution is -0.138. The predicted octanol–water partition coefficient (Wildman–Crippen LogP) is 6.51. The lowest BCUT2D eigenvalue weighted by Gasteiger charge is -2.50. The molecule has 2 saturated heterocycles. The number of hydrogen-bond acceptors (Lipinski definition) is 9. The molecule has 1 saturated carbocycles. The molecule has 6 atom stereocenters. The first-order valence-electron chi connectivity index (χ1n) is 16.7. The number of benzene rings is 3. The smallest absolute Gasteiger partial charge is 0.254 e. The summed E-state index contributed by atoms with van der Waals surface area (Å²) in [5.41, 5.74) is 2.85. The normalized spacial score (nSPS) is 27.8. The highest BCUT2D eigenvalue weighted by molar-refractivity contribution is 9.09. The summed E-state index contributed by atoms with van der Waals surface area (Å²) in [4.78, 5) is 54.8. The Balaban J connectivity index is 1.26. The molecule has 2 aliphatic carbocycles. The van der Waals surface area contributed by atoms with Crippen molar-refractivity contribution < 1.29 is 43.2 Å². The summed E-state index contributed by atoms with van der Waals surface area (Å²) >= 11 is 17.9. The molecule has 3 fully saturated rings. The number of methoxy groups -OCH3 is 4. The molecule has 53 heavy (non-hydrogen) atoms. The number of phenols is 1. The van der Waals surface area contributed by atoms with Gasteiger partial charge < -0.3 is 24.1 Å². The highest BCUT2D eigenvalue weighted by Gasteiger charge is 2.76. The molecule has 1 N–H and O–H groups in total. The van der Waals surface area contributed by atoms with Crippen LogP contribution in [0.5, 0.6) is 28.7 Å². The summed E-state index contributed by atoms with van der Waals surface area (Å²) in [5, 5.41) is 10.7. The minimum Gasteiger partial charge on any atom is -0.502 e. The number of halogens is 3. The molecule has 276 valence electrons. The van der Waals surface area contributed by atoms with Crippen LogP contribution in [0.4, 0.5) is 5.69 Å². The lowest BCUT2D eigenvalue weighted by atomic mass is 9.56. The Morgan fingerprint density at radius 2 is 1.49 bits per heavy atom. The monoisotopic (exact) mass is 824 g/mol. The second-order valence-corrected chi connectivity index (χ2v) is 15.0. The van der Waals surface area contributed by atoms with Gasteiger partial charge >= 0.3 is 0 Å². The van der Waals surface area contributed by atoms with Gasteiger partial charge in [-0.05, 0) is 72.4 Å². The van der Waals surface area contributed by atoms with Gasteiger partial charge in [-0.2, -0.15) is 0 Å². The first-order chi connectivity index (χ1) is 25.4. The Morgan fingerprint density at radius 1 is 0.830 bits per heavy atom. The van der Waals surface area contributed by atoms with Crippen molar-refractivity contribution in [3.8, 4) is 28.7 Å². The minimum atomic E-state index is -2.02. The third-order valence-electron chi connectivity index (χ3n) is 10.9. The van der Waals surface area contributed by atoms with Crippen molar-refractivity contribution in [3.63, 3.8) is 0 Å². The van der Waals surface area contributed by atoms with Crippen LogP contribution in [0.2, 0.25) is 0 Å². The van der Waals surface area contributed by atoms with Crippen LogP contribution in [0.25, 0.3) is 12.2 Å². The van der Waals surface area contributed by atoms with Crippen LogP contribution in [0.15, 0.2) is 66.2 Å². The lowest BCUT2D eigenvalue weighted by Crippen LogP contribution is -2.60. The SMILES string of the molecule is COc1ccc(OC)c(C=Cc2ccc(N3C(=O)C4CC=C5C(CC6(Cl)C(=O)N(CBr)C(=O)C6(Cl)C5c5cc(OC)c(O)c(OC)c5)C4C3=O)cc2)c1. The molecular weight excluding hydrogens is 791 g/mol. The molecular formula is C39H35BrCl2N2O9. The average molecular weight is 827 g/mol. The molecule has 0 spiro atoms. The molecule has 4 aliphatic rings. The van der Waals surface area contributed by atoms with Gasteiger partial charge in [-0.1, -0.05) is 51.9 Å². The van der Waals surface area contributed by atoms with E-state index in [0.717, 1.165) is 16.0 Å². The van der Waals surface area contributed by atoms with Gasteiger partial charge in [0, 0.05) is 11.5 Å². The van der Waals surface area contributed by atoms with Crippen molar-refractivity contribution in [2.75, 3.05) is 38.8 Å². The number of alkyl halides is 3. The average Bonchev–Trinajstić information content (AvgIpc) is 3.51. The van der Waals surface area contributed by atoms with Crippen LogP contribution in [0.1, 0.15) is 35.4 Å². The Hall–Kier alpha value is -4.52. The van der Waals surface area contributed by atoms with Gasteiger partial charge in [0.05, 0.1) is 51.4 Å². The fraction of sp³-hybridized carbons (Fsp3) is 0.333. The van der Waals surface area contributed by atoms with Gasteiger partial charge in [-0.25, -0.2) is 0 Å². The number of anilines is 1. The van der Waals surface area contributed by atoms with Gasteiger partial charge in [-0.3, -0.25) is 29.0 Å². The van der Waals surface area contributed by atoms with E-state index < -0.39 is 51.1 Å². The van der Waals surface area contributed by atoms with Crippen molar-refractivity contribution in [2.24, 2.45) is 17.8 Å². The van der Waals surface area contributed by atoms with Crippen LogP contribution in [-0.4, -0.2) is 77.3 Å². The number of allylic oxidation sites excluding steroid dienone is 2. The summed E-state index contributed by atoms with van der Waals surface area (Å²) in [7, 11) is 5.91. The van der Waals surface area contributed by atoms with Gasteiger partial charge in [0.2, 0.25) is 17.6 Å². The number of phenolic OH excluding ortho intramolecular Hbond substituents is 1. The van der Waals surface area contributed by atoms with Crippen LogP contribution in [-0.2, 0) is 19.2 Å². The second-order valence-electron chi connectivity index (χ2n) is 13.3. The van der Waals surface area contributed by atoms with E-state index in [-0.39, 0.29) is 41.5 Å². The van der Waals surface area contributed by atoms with E-state index >= 15 is 0 Å². The van der Waals surface area contributed by atoms with E-state index in [9.17, 15) is 24.3 Å². The minimum absolute atomic E-state index is 0.0459. The number of aromatic hydroxyl groups is 1. The zero-order valence-corrected chi connectivity index (χ0v) is 32.2. The first kappa shape index (κ1) is 36.8. The van der Waals surface area contributed by atoms with E-state index in [0.29, 0.717) is 28.3 Å². The molecule has 7 rings (SSSR count). The largest absolute Gasteiger partial charge is 0.502 e. The molecule has 6 unspecified atom stereocenters. The summed E-state index contributed by atoms with van der Waals surface area (Å²) < 4.78 is 21.7. The Bertz CT molecular complexity index is 2080. The number of nitrogens with zero attached hydrogens (tertiary/aromatic N) is 2. The highest BCUT2D eigenvalue weighted by atomic mass is 79.9. The molecule has 2 heterocycles. The number of ether oxygens (including phenoxy) is 4. The van der Waals surface area contributed by atoms with E-state index in [2.05, 4.69) is 15.9 Å². The molecule has 2 aliphatic heterocycles. The van der Waals surface area contributed by atoms with Crippen LogP contribution >= 0.6 is 39.1 Å². The maximum Gasteiger partial charge on any atom is 0.254 e. The van der Waals surface area contributed by atoms with E-state index in [4.69, 9.17) is 42.1 Å². The first-order valence-corrected chi connectivity index (χ1v) is 18.6. The van der Waals surface area contributed by atoms with E-state index in [1.807, 2.05) is 36.4 Å². The third kappa shape index (κ3) is 5.43. The Labute approximate surface area is 324 Å². The van der Waals surface area contributed by atoms with Gasteiger partial charge in [0.15, 0.2) is 21.2 Å². The number of likely N-dealkylation sites (tertiary alicyclic amines) is 1. The predicted molar refractivity (Wildman–Crippen MR) is 202 cm³/mol. The maximum atomic E-state index is 14.5. The number of rotatable bonds is 9. The Kier molecular flexibility index (Phi) is 9.53. The molecule has 11 nitrogen and oxygen atoms in total. The van der Waals surface area contributed by atoms with Crippen LogP contribution < -0.4 is 23.8 Å². The Morgan fingerprint density at radius 3 is 2.09 bits per heavy atom. The summed E-state index contributed by atoms with van der Waals surface area (Å²) in [6, 6.07) is 15.5. The fourth-order valence-electron chi connectivity index (χ4n) is 8.35.